The van der Waals surface area contributed by atoms with Gasteiger partial charge >= 0.3 is 5.97 Å². The van der Waals surface area contributed by atoms with E-state index in [2.05, 4.69) is 25.1 Å². The largest absolute Gasteiger partial charge is 0.481 e. The van der Waals surface area contributed by atoms with E-state index in [4.69, 9.17) is 4.74 Å². The Morgan fingerprint density at radius 2 is 1.92 bits per heavy atom. The van der Waals surface area contributed by atoms with Crippen LogP contribution in [0.15, 0.2) is 18.2 Å². The van der Waals surface area contributed by atoms with E-state index in [1.165, 1.54) is 5.56 Å². The van der Waals surface area contributed by atoms with Crippen molar-refractivity contribution in [3.05, 3.63) is 34.9 Å². The number of carbonyl (C=O) groups is 2. The topological polar surface area (TPSA) is 66.8 Å². The zero-order valence-electron chi connectivity index (χ0n) is 14.5. The molecule has 2 fully saturated rings. The fraction of sp³-hybridized carbons (Fsp3) is 0.579. The Labute approximate surface area is 142 Å². The van der Waals surface area contributed by atoms with Crippen LogP contribution in [0.1, 0.15) is 42.6 Å². The Bertz CT molecular complexity index is 657. The van der Waals surface area contributed by atoms with Gasteiger partial charge in [-0.2, -0.15) is 0 Å². The van der Waals surface area contributed by atoms with E-state index >= 15 is 0 Å². The number of aryl methyl sites for hydroxylation is 2. The number of ether oxygens (including phenoxy) is 1. The van der Waals surface area contributed by atoms with Crippen molar-refractivity contribution < 1.29 is 19.4 Å². The van der Waals surface area contributed by atoms with Crippen molar-refractivity contribution in [1.29, 1.82) is 0 Å². The molecular weight excluding hydrogens is 306 g/mol. The third-order valence-corrected chi connectivity index (χ3v) is 5.41. The van der Waals surface area contributed by atoms with Crippen LogP contribution in [0, 0.1) is 25.7 Å². The molecule has 5 nitrogen and oxygen atoms in total. The Kier molecular flexibility index (Phi) is 4.63. The number of aliphatic carboxylic acids is 1. The van der Waals surface area contributed by atoms with Crippen LogP contribution in [0.5, 0.6) is 0 Å². The highest BCUT2D eigenvalue weighted by atomic mass is 16.5. The number of amides is 1. The Balaban J connectivity index is 1.77. The lowest BCUT2D eigenvalue weighted by atomic mass is 9.72. The standard InChI is InChI=1S/C19H25NO4/c1-11-4-5-12(2)16(8-11)17-9-20(13(3)10-24-17)18(21)14-6-7-15(14)19(22)23/h4-5,8,13-15,17H,6-7,9-10H2,1-3H3,(H,22,23). The van der Waals surface area contributed by atoms with E-state index in [9.17, 15) is 14.7 Å². The third-order valence-electron chi connectivity index (χ3n) is 5.41. The van der Waals surface area contributed by atoms with Crippen LogP contribution in [0.2, 0.25) is 0 Å². The van der Waals surface area contributed by atoms with E-state index in [1.54, 1.807) is 0 Å². The average Bonchev–Trinajstić information content (AvgIpc) is 2.48. The number of carboxylic acid groups (broad SMARTS) is 1. The van der Waals surface area contributed by atoms with Crippen LogP contribution in [-0.2, 0) is 14.3 Å². The van der Waals surface area contributed by atoms with Crippen molar-refractivity contribution in [2.75, 3.05) is 13.2 Å². The smallest absolute Gasteiger partial charge is 0.307 e. The number of morpholine rings is 1. The second-order valence-corrected chi connectivity index (χ2v) is 7.15. The van der Waals surface area contributed by atoms with Crippen LogP contribution >= 0.6 is 0 Å². The van der Waals surface area contributed by atoms with Gasteiger partial charge in [-0.25, -0.2) is 0 Å². The lowest BCUT2D eigenvalue weighted by Gasteiger charge is -2.43. The number of hydrogen-bond donors (Lipinski definition) is 1. The maximum atomic E-state index is 12.8. The number of hydrogen-bond acceptors (Lipinski definition) is 3. The highest BCUT2D eigenvalue weighted by Crippen LogP contribution is 2.38. The summed E-state index contributed by atoms with van der Waals surface area (Å²) >= 11 is 0. The fourth-order valence-electron chi connectivity index (χ4n) is 3.66. The van der Waals surface area contributed by atoms with Crippen LogP contribution in [-0.4, -0.2) is 41.1 Å². The molecule has 1 saturated heterocycles. The van der Waals surface area contributed by atoms with Gasteiger partial charge in [0.25, 0.3) is 0 Å². The predicted octanol–water partition coefficient (Wildman–Crippen LogP) is 2.70. The van der Waals surface area contributed by atoms with E-state index in [0.717, 1.165) is 11.1 Å². The van der Waals surface area contributed by atoms with Crippen LogP contribution in [0.25, 0.3) is 0 Å². The van der Waals surface area contributed by atoms with Crippen molar-refractivity contribution in [2.24, 2.45) is 11.8 Å². The van der Waals surface area contributed by atoms with E-state index in [1.807, 2.05) is 18.7 Å². The summed E-state index contributed by atoms with van der Waals surface area (Å²) < 4.78 is 5.99. The van der Waals surface area contributed by atoms with Gasteiger partial charge in [-0.05, 0) is 44.7 Å². The van der Waals surface area contributed by atoms with Crippen molar-refractivity contribution in [1.82, 2.24) is 4.90 Å². The molecule has 130 valence electrons. The molecule has 1 aliphatic heterocycles. The molecule has 5 heteroatoms. The Morgan fingerprint density at radius 1 is 1.21 bits per heavy atom. The monoisotopic (exact) mass is 331 g/mol. The summed E-state index contributed by atoms with van der Waals surface area (Å²) in [7, 11) is 0. The van der Waals surface area contributed by atoms with Crippen molar-refractivity contribution in [2.45, 2.75) is 45.8 Å². The minimum absolute atomic E-state index is 0.0195. The molecule has 0 spiro atoms. The summed E-state index contributed by atoms with van der Waals surface area (Å²) in [4.78, 5) is 25.9. The molecule has 0 aromatic heterocycles. The highest BCUT2D eigenvalue weighted by Gasteiger charge is 2.45. The lowest BCUT2D eigenvalue weighted by Crippen LogP contribution is -2.54. The van der Waals surface area contributed by atoms with Gasteiger partial charge in [-0.15, -0.1) is 0 Å². The van der Waals surface area contributed by atoms with Gasteiger partial charge in [0, 0.05) is 0 Å². The highest BCUT2D eigenvalue weighted by molar-refractivity contribution is 5.86. The van der Waals surface area contributed by atoms with Gasteiger partial charge in [-0.3, -0.25) is 9.59 Å². The molecule has 3 rings (SSSR count). The summed E-state index contributed by atoms with van der Waals surface area (Å²) in [6.45, 7) is 7.03. The third kappa shape index (κ3) is 3.05. The summed E-state index contributed by atoms with van der Waals surface area (Å²) in [6.07, 6.45) is 1.13. The second kappa shape index (κ2) is 6.55. The van der Waals surface area contributed by atoms with E-state index < -0.39 is 11.9 Å². The molecule has 2 aliphatic rings. The minimum Gasteiger partial charge on any atom is -0.481 e. The summed E-state index contributed by atoms with van der Waals surface area (Å²) in [5.41, 5.74) is 3.43. The fourth-order valence-corrected chi connectivity index (χ4v) is 3.66. The molecule has 0 radical (unpaired) electrons. The normalized spacial score (nSPS) is 29.9. The van der Waals surface area contributed by atoms with Crippen molar-refractivity contribution >= 4 is 11.9 Å². The van der Waals surface area contributed by atoms with Crippen LogP contribution < -0.4 is 0 Å². The molecule has 1 amide bonds. The average molecular weight is 331 g/mol. The molecule has 4 unspecified atom stereocenters. The first kappa shape index (κ1) is 17.0. The van der Waals surface area contributed by atoms with Crippen molar-refractivity contribution in [3.8, 4) is 0 Å². The Hall–Kier alpha value is -1.88. The number of nitrogens with zero attached hydrogens (tertiary/aromatic N) is 1. The summed E-state index contributed by atoms with van der Waals surface area (Å²) in [5.74, 6) is -1.78. The van der Waals surface area contributed by atoms with E-state index in [-0.39, 0.29) is 24.0 Å². The molecule has 1 aliphatic carbocycles. The zero-order valence-corrected chi connectivity index (χ0v) is 14.5. The number of carbonyl (C=O) groups excluding carboxylic acids is 1. The van der Waals surface area contributed by atoms with Crippen molar-refractivity contribution in [3.63, 3.8) is 0 Å². The van der Waals surface area contributed by atoms with Gasteiger partial charge in [0.15, 0.2) is 0 Å². The molecule has 0 bridgehead atoms. The molecule has 1 heterocycles. The van der Waals surface area contributed by atoms with Gasteiger partial charge in [-0.1, -0.05) is 23.8 Å². The van der Waals surface area contributed by atoms with Crippen LogP contribution in [0.3, 0.4) is 0 Å². The van der Waals surface area contributed by atoms with Crippen LogP contribution in [0.4, 0.5) is 0 Å². The predicted molar refractivity (Wildman–Crippen MR) is 89.6 cm³/mol. The Morgan fingerprint density at radius 3 is 2.54 bits per heavy atom. The lowest BCUT2D eigenvalue weighted by molar-refractivity contribution is -0.163. The molecule has 1 saturated carbocycles. The maximum absolute atomic E-state index is 12.8. The maximum Gasteiger partial charge on any atom is 0.307 e. The summed E-state index contributed by atoms with van der Waals surface area (Å²) in [6, 6.07) is 6.24. The molecular formula is C19H25NO4. The number of carboxylic acids is 1. The zero-order chi connectivity index (χ0) is 17.4. The first-order chi connectivity index (χ1) is 11.4. The molecule has 1 aromatic rings. The first-order valence-electron chi connectivity index (χ1n) is 8.60. The van der Waals surface area contributed by atoms with Gasteiger partial charge in [0.05, 0.1) is 31.0 Å². The molecule has 1 aromatic carbocycles. The molecule has 4 atom stereocenters. The van der Waals surface area contributed by atoms with Gasteiger partial charge in [0.1, 0.15) is 6.10 Å². The second-order valence-electron chi connectivity index (χ2n) is 7.15. The SMILES string of the molecule is Cc1ccc(C)c(C2CN(C(=O)C3CCC3C(=O)O)C(C)CO2)c1. The minimum atomic E-state index is -0.855. The number of rotatable bonds is 3. The van der Waals surface area contributed by atoms with Gasteiger partial charge < -0.3 is 14.7 Å². The number of benzene rings is 1. The van der Waals surface area contributed by atoms with Gasteiger partial charge in [0.2, 0.25) is 5.91 Å². The van der Waals surface area contributed by atoms with E-state index in [0.29, 0.717) is 26.0 Å². The first-order valence-corrected chi connectivity index (χ1v) is 8.60. The quantitative estimate of drug-likeness (QED) is 0.925. The summed E-state index contributed by atoms with van der Waals surface area (Å²) in [5, 5.41) is 9.22. The molecule has 1 N–H and O–H groups in total. The molecule has 24 heavy (non-hydrogen) atoms.